The Morgan fingerprint density at radius 2 is 2.15 bits per heavy atom. The molecular formula is C10H18N2O. The molecule has 0 aliphatic carbocycles. The van der Waals surface area contributed by atoms with Gasteiger partial charge in [-0.15, -0.1) is 0 Å². The molecule has 0 saturated carbocycles. The third-order valence-electron chi connectivity index (χ3n) is 2.07. The lowest BCUT2D eigenvalue weighted by Crippen LogP contribution is -2.14. The first-order valence-electron chi connectivity index (χ1n) is 4.69. The number of unbranched alkanes of at least 4 members (excludes halogenated alkanes) is 1. The van der Waals surface area contributed by atoms with Gasteiger partial charge in [-0.3, -0.25) is 0 Å². The molecule has 3 heteroatoms. The number of hydrogen-bond acceptors (Lipinski definition) is 2. The molecule has 1 N–H and O–H groups in total. The number of aliphatic hydroxyl groups excluding tert-OH is 1. The molecule has 13 heavy (non-hydrogen) atoms. The summed E-state index contributed by atoms with van der Waals surface area (Å²) in [5.41, 5.74) is 0. The summed E-state index contributed by atoms with van der Waals surface area (Å²) in [6.07, 6.45) is 3.99. The summed E-state index contributed by atoms with van der Waals surface area (Å²) in [7, 11) is 4.08. The molecule has 0 fully saturated rings. The Kier molecular flexibility index (Phi) is 3.83. The highest BCUT2D eigenvalue weighted by molar-refractivity contribution is 5.38. The second-order valence-corrected chi connectivity index (χ2v) is 3.38. The van der Waals surface area contributed by atoms with Crippen molar-refractivity contribution in [2.75, 3.05) is 25.6 Å². The zero-order valence-electron chi connectivity index (χ0n) is 8.40. The normalized spacial score (nSPS) is 10.4. The minimum absolute atomic E-state index is 0.290. The van der Waals surface area contributed by atoms with E-state index >= 15 is 0 Å². The van der Waals surface area contributed by atoms with E-state index in [1.165, 1.54) is 5.82 Å². The van der Waals surface area contributed by atoms with Gasteiger partial charge in [-0.05, 0) is 25.0 Å². The molecular weight excluding hydrogens is 164 g/mol. The standard InChI is InChI=1S/C10H18N2O/c1-11(2)10-6-5-8-12(10)7-3-4-9-13/h5-6,8,13H,3-4,7,9H2,1-2H3. The average Bonchev–Trinajstić information content (AvgIpc) is 2.53. The van der Waals surface area contributed by atoms with Crippen LogP contribution in [0.3, 0.4) is 0 Å². The van der Waals surface area contributed by atoms with Gasteiger partial charge in [-0.25, -0.2) is 0 Å². The number of aromatic nitrogens is 1. The summed E-state index contributed by atoms with van der Waals surface area (Å²) in [4.78, 5) is 2.10. The van der Waals surface area contributed by atoms with E-state index in [-0.39, 0.29) is 0 Å². The summed E-state index contributed by atoms with van der Waals surface area (Å²) >= 11 is 0. The van der Waals surface area contributed by atoms with Crippen molar-refractivity contribution in [3.8, 4) is 0 Å². The highest BCUT2D eigenvalue weighted by Crippen LogP contribution is 2.12. The van der Waals surface area contributed by atoms with E-state index in [9.17, 15) is 0 Å². The Morgan fingerprint density at radius 3 is 2.77 bits per heavy atom. The number of anilines is 1. The fourth-order valence-corrected chi connectivity index (χ4v) is 1.39. The van der Waals surface area contributed by atoms with Crippen molar-refractivity contribution in [1.29, 1.82) is 0 Å². The van der Waals surface area contributed by atoms with Crippen LogP contribution >= 0.6 is 0 Å². The Bertz CT molecular complexity index is 243. The topological polar surface area (TPSA) is 28.4 Å². The maximum Gasteiger partial charge on any atom is 0.107 e. The molecule has 74 valence electrons. The van der Waals surface area contributed by atoms with Crippen LogP contribution in [0.1, 0.15) is 12.8 Å². The van der Waals surface area contributed by atoms with Crippen molar-refractivity contribution in [3.63, 3.8) is 0 Å². The first-order valence-corrected chi connectivity index (χ1v) is 4.69. The van der Waals surface area contributed by atoms with E-state index in [1.54, 1.807) is 0 Å². The van der Waals surface area contributed by atoms with Crippen molar-refractivity contribution in [3.05, 3.63) is 18.3 Å². The molecule has 1 heterocycles. The van der Waals surface area contributed by atoms with E-state index in [4.69, 9.17) is 5.11 Å². The largest absolute Gasteiger partial charge is 0.396 e. The van der Waals surface area contributed by atoms with Gasteiger partial charge in [0.25, 0.3) is 0 Å². The van der Waals surface area contributed by atoms with Crippen LogP contribution in [-0.4, -0.2) is 30.4 Å². The highest BCUT2D eigenvalue weighted by atomic mass is 16.2. The second-order valence-electron chi connectivity index (χ2n) is 3.38. The smallest absolute Gasteiger partial charge is 0.107 e. The van der Waals surface area contributed by atoms with Gasteiger partial charge in [0, 0.05) is 33.4 Å². The monoisotopic (exact) mass is 182 g/mol. The number of aliphatic hydroxyl groups is 1. The number of aryl methyl sites for hydroxylation is 1. The fourth-order valence-electron chi connectivity index (χ4n) is 1.39. The van der Waals surface area contributed by atoms with Gasteiger partial charge in [0.2, 0.25) is 0 Å². The lowest BCUT2D eigenvalue weighted by molar-refractivity contribution is 0.281. The highest BCUT2D eigenvalue weighted by Gasteiger charge is 2.00. The quantitative estimate of drug-likeness (QED) is 0.696. The van der Waals surface area contributed by atoms with E-state index in [1.807, 2.05) is 20.2 Å². The Labute approximate surface area is 79.6 Å². The third kappa shape index (κ3) is 2.77. The van der Waals surface area contributed by atoms with Crippen LogP contribution in [0.15, 0.2) is 18.3 Å². The zero-order chi connectivity index (χ0) is 9.68. The molecule has 0 amide bonds. The summed E-state index contributed by atoms with van der Waals surface area (Å²) in [6, 6.07) is 4.15. The molecule has 0 bridgehead atoms. The van der Waals surface area contributed by atoms with Crippen LogP contribution in [0, 0.1) is 0 Å². The van der Waals surface area contributed by atoms with Crippen molar-refractivity contribution >= 4 is 5.82 Å². The maximum absolute atomic E-state index is 8.65. The van der Waals surface area contributed by atoms with Crippen LogP contribution in [0.4, 0.5) is 5.82 Å². The Hall–Kier alpha value is -0.960. The van der Waals surface area contributed by atoms with Crippen molar-refractivity contribution < 1.29 is 5.11 Å². The van der Waals surface area contributed by atoms with Crippen molar-refractivity contribution in [2.45, 2.75) is 19.4 Å². The number of nitrogens with zero attached hydrogens (tertiary/aromatic N) is 2. The second kappa shape index (κ2) is 4.92. The van der Waals surface area contributed by atoms with Gasteiger partial charge in [0.1, 0.15) is 5.82 Å². The summed E-state index contributed by atoms with van der Waals surface area (Å²) in [5.74, 6) is 1.22. The summed E-state index contributed by atoms with van der Waals surface area (Å²) in [5, 5.41) is 8.65. The Morgan fingerprint density at radius 1 is 1.38 bits per heavy atom. The van der Waals surface area contributed by atoms with Crippen LogP contribution in [-0.2, 0) is 6.54 Å². The van der Waals surface area contributed by atoms with E-state index in [0.29, 0.717) is 6.61 Å². The van der Waals surface area contributed by atoms with Crippen LogP contribution in [0.5, 0.6) is 0 Å². The van der Waals surface area contributed by atoms with Crippen molar-refractivity contribution in [2.24, 2.45) is 0 Å². The van der Waals surface area contributed by atoms with Crippen LogP contribution in [0.25, 0.3) is 0 Å². The molecule has 1 aromatic rings. The van der Waals surface area contributed by atoms with Crippen LogP contribution < -0.4 is 4.90 Å². The number of rotatable bonds is 5. The molecule has 0 spiro atoms. The Balaban J connectivity index is 2.50. The first-order chi connectivity index (χ1) is 6.25. The molecule has 0 aliphatic heterocycles. The van der Waals surface area contributed by atoms with Gasteiger partial charge in [-0.2, -0.15) is 0 Å². The molecule has 0 atom stereocenters. The average molecular weight is 182 g/mol. The fraction of sp³-hybridized carbons (Fsp3) is 0.600. The molecule has 0 saturated heterocycles. The zero-order valence-corrected chi connectivity index (χ0v) is 8.40. The van der Waals surface area contributed by atoms with Gasteiger partial charge in [-0.1, -0.05) is 0 Å². The third-order valence-corrected chi connectivity index (χ3v) is 2.07. The predicted octanol–water partition coefficient (Wildman–Crippen LogP) is 1.33. The molecule has 0 aromatic carbocycles. The lowest BCUT2D eigenvalue weighted by atomic mass is 10.3. The lowest BCUT2D eigenvalue weighted by Gasteiger charge is -2.15. The molecule has 1 aromatic heterocycles. The summed E-state index contributed by atoms with van der Waals surface area (Å²) in [6.45, 7) is 1.28. The SMILES string of the molecule is CN(C)c1cccn1CCCCO. The van der Waals surface area contributed by atoms with Crippen molar-refractivity contribution in [1.82, 2.24) is 4.57 Å². The minimum atomic E-state index is 0.290. The summed E-state index contributed by atoms with van der Waals surface area (Å²) < 4.78 is 2.20. The van der Waals surface area contributed by atoms with Gasteiger partial charge < -0.3 is 14.6 Å². The van der Waals surface area contributed by atoms with Crippen LogP contribution in [0.2, 0.25) is 0 Å². The van der Waals surface area contributed by atoms with E-state index in [0.717, 1.165) is 19.4 Å². The predicted molar refractivity (Wildman–Crippen MR) is 55.1 cm³/mol. The molecule has 1 rings (SSSR count). The van der Waals surface area contributed by atoms with Gasteiger partial charge in [0.15, 0.2) is 0 Å². The molecule has 0 radical (unpaired) electrons. The van der Waals surface area contributed by atoms with E-state index in [2.05, 4.69) is 21.7 Å². The molecule has 0 unspecified atom stereocenters. The first kappa shape index (κ1) is 10.1. The maximum atomic E-state index is 8.65. The van der Waals surface area contributed by atoms with Gasteiger partial charge >= 0.3 is 0 Å². The molecule has 3 nitrogen and oxygen atoms in total. The van der Waals surface area contributed by atoms with E-state index < -0.39 is 0 Å². The minimum Gasteiger partial charge on any atom is -0.396 e. The number of hydrogen-bond donors (Lipinski definition) is 1. The molecule has 0 aliphatic rings. The van der Waals surface area contributed by atoms with Gasteiger partial charge in [0.05, 0.1) is 0 Å².